The Labute approximate surface area is 132 Å². The van der Waals surface area contributed by atoms with Gasteiger partial charge in [-0.3, -0.25) is 0 Å². The number of likely N-dealkylation sites (N-methyl/N-ethyl adjacent to an activating group) is 1. The van der Waals surface area contributed by atoms with E-state index in [0.717, 1.165) is 19.3 Å². The van der Waals surface area contributed by atoms with Crippen molar-refractivity contribution < 1.29 is 16.8 Å². The molecule has 0 radical (unpaired) electrons. The largest absolute Gasteiger partial charge is 0.304 e. The van der Waals surface area contributed by atoms with Gasteiger partial charge in [-0.05, 0) is 24.7 Å². The van der Waals surface area contributed by atoms with E-state index in [2.05, 4.69) is 9.62 Å². The van der Waals surface area contributed by atoms with E-state index >= 15 is 0 Å². The molecule has 1 fully saturated rings. The molecule has 2 rings (SSSR count). The van der Waals surface area contributed by atoms with Crippen LogP contribution in [0.15, 0.2) is 29.2 Å². The van der Waals surface area contributed by atoms with Crippen LogP contribution in [-0.2, 0) is 26.6 Å². The number of nitrogens with zero attached hydrogens (tertiary/aromatic N) is 2. The molecule has 1 heterocycles. The van der Waals surface area contributed by atoms with Crippen LogP contribution in [0.2, 0.25) is 0 Å². The number of nitrogens with one attached hydrogen (secondary N) is 1. The monoisotopic (exact) mass is 347 g/mol. The van der Waals surface area contributed by atoms with Crippen LogP contribution in [-0.4, -0.2) is 65.5 Å². The Morgan fingerprint density at radius 2 is 1.55 bits per heavy atom. The van der Waals surface area contributed by atoms with Gasteiger partial charge in [-0.1, -0.05) is 12.1 Å². The first kappa shape index (κ1) is 17.4. The van der Waals surface area contributed by atoms with Crippen LogP contribution in [0.25, 0.3) is 0 Å². The van der Waals surface area contributed by atoms with Crippen molar-refractivity contribution in [2.45, 2.75) is 11.4 Å². The lowest BCUT2D eigenvalue weighted by Gasteiger charge is -2.31. The molecule has 9 heteroatoms. The minimum absolute atomic E-state index is 0.146. The van der Waals surface area contributed by atoms with E-state index in [1.165, 1.54) is 16.4 Å². The first-order valence-electron chi connectivity index (χ1n) is 6.91. The minimum atomic E-state index is -3.48. The standard InChI is InChI=1S/C13H21N3O4S2/c1-15-7-9-16(10-8-15)22(19,20)13-5-3-12(4-6-13)11-14-21(2,17)18/h3-6,14H,7-11H2,1-2H3. The summed E-state index contributed by atoms with van der Waals surface area (Å²) in [5.74, 6) is 0. The van der Waals surface area contributed by atoms with Crippen LogP contribution in [0.5, 0.6) is 0 Å². The van der Waals surface area contributed by atoms with Crippen molar-refractivity contribution in [2.75, 3.05) is 39.5 Å². The third-order valence-corrected chi connectivity index (χ3v) is 6.14. The average molecular weight is 347 g/mol. The van der Waals surface area contributed by atoms with Crippen LogP contribution >= 0.6 is 0 Å². The van der Waals surface area contributed by atoms with Crippen LogP contribution in [0, 0.1) is 0 Å². The molecule has 0 aromatic heterocycles. The molecule has 1 aromatic rings. The van der Waals surface area contributed by atoms with Gasteiger partial charge >= 0.3 is 0 Å². The third-order valence-electron chi connectivity index (χ3n) is 3.56. The van der Waals surface area contributed by atoms with Gasteiger partial charge in [-0.25, -0.2) is 21.6 Å². The van der Waals surface area contributed by atoms with Crippen molar-refractivity contribution in [3.63, 3.8) is 0 Å². The molecular weight excluding hydrogens is 326 g/mol. The van der Waals surface area contributed by atoms with Crippen molar-refractivity contribution in [1.82, 2.24) is 13.9 Å². The normalized spacial score (nSPS) is 18.5. The van der Waals surface area contributed by atoms with Gasteiger partial charge in [0.05, 0.1) is 11.2 Å². The Hall–Kier alpha value is -1.00. The Morgan fingerprint density at radius 3 is 2.05 bits per heavy atom. The van der Waals surface area contributed by atoms with Gasteiger partial charge in [0.25, 0.3) is 0 Å². The van der Waals surface area contributed by atoms with Gasteiger partial charge in [0.15, 0.2) is 0 Å². The Balaban J connectivity index is 2.09. The molecule has 7 nitrogen and oxygen atoms in total. The fraction of sp³-hybridized carbons (Fsp3) is 0.538. The topological polar surface area (TPSA) is 86.8 Å². The zero-order chi connectivity index (χ0) is 16.4. The number of rotatable bonds is 5. The first-order valence-corrected chi connectivity index (χ1v) is 10.2. The molecule has 1 aromatic carbocycles. The summed E-state index contributed by atoms with van der Waals surface area (Å²) in [5.41, 5.74) is 0.711. The zero-order valence-corrected chi connectivity index (χ0v) is 14.3. The molecule has 0 spiro atoms. The van der Waals surface area contributed by atoms with E-state index in [-0.39, 0.29) is 11.4 Å². The van der Waals surface area contributed by atoms with Gasteiger partial charge < -0.3 is 4.90 Å². The summed E-state index contributed by atoms with van der Waals surface area (Å²) in [6, 6.07) is 6.29. The van der Waals surface area contributed by atoms with E-state index in [4.69, 9.17) is 0 Å². The predicted octanol–water partition coefficient (Wildman–Crippen LogP) is -0.328. The number of hydrogen-bond donors (Lipinski definition) is 1. The lowest BCUT2D eigenvalue weighted by Crippen LogP contribution is -2.47. The van der Waals surface area contributed by atoms with Crippen LogP contribution < -0.4 is 4.72 Å². The predicted molar refractivity (Wildman–Crippen MR) is 84.4 cm³/mol. The maximum absolute atomic E-state index is 12.5. The fourth-order valence-electron chi connectivity index (χ4n) is 2.17. The minimum Gasteiger partial charge on any atom is -0.304 e. The molecule has 1 saturated heterocycles. The van der Waals surface area contributed by atoms with E-state index in [1.54, 1.807) is 12.1 Å². The summed E-state index contributed by atoms with van der Waals surface area (Å²) >= 11 is 0. The maximum Gasteiger partial charge on any atom is 0.243 e. The van der Waals surface area contributed by atoms with E-state index in [9.17, 15) is 16.8 Å². The van der Waals surface area contributed by atoms with Crippen molar-refractivity contribution in [3.05, 3.63) is 29.8 Å². The van der Waals surface area contributed by atoms with Crippen LogP contribution in [0.3, 0.4) is 0 Å². The highest BCUT2D eigenvalue weighted by molar-refractivity contribution is 7.89. The van der Waals surface area contributed by atoms with Gasteiger partial charge in [0.2, 0.25) is 20.0 Å². The molecule has 124 valence electrons. The molecule has 0 unspecified atom stereocenters. The van der Waals surface area contributed by atoms with Crippen molar-refractivity contribution >= 4 is 20.0 Å². The van der Waals surface area contributed by atoms with Crippen LogP contribution in [0.1, 0.15) is 5.56 Å². The molecule has 1 aliphatic rings. The summed E-state index contributed by atoms with van der Waals surface area (Å²) in [5, 5.41) is 0. The SMILES string of the molecule is CN1CCN(S(=O)(=O)c2ccc(CNS(C)(=O)=O)cc2)CC1. The van der Waals surface area contributed by atoms with Crippen molar-refractivity contribution in [3.8, 4) is 0 Å². The fourth-order valence-corrected chi connectivity index (χ4v) is 4.02. The Kier molecular flexibility index (Phi) is 5.23. The Bertz CT molecular complexity index is 706. The Morgan fingerprint density at radius 1 is 1.00 bits per heavy atom. The van der Waals surface area contributed by atoms with Gasteiger partial charge in [0.1, 0.15) is 0 Å². The zero-order valence-electron chi connectivity index (χ0n) is 12.7. The van der Waals surface area contributed by atoms with Crippen molar-refractivity contribution in [2.24, 2.45) is 0 Å². The average Bonchev–Trinajstić information content (AvgIpc) is 2.45. The third kappa shape index (κ3) is 4.50. The summed E-state index contributed by atoms with van der Waals surface area (Å²) in [6.07, 6.45) is 1.08. The summed E-state index contributed by atoms with van der Waals surface area (Å²) in [4.78, 5) is 2.33. The molecule has 0 atom stereocenters. The molecule has 0 bridgehead atoms. The summed E-state index contributed by atoms with van der Waals surface area (Å²) < 4.78 is 51.0. The van der Waals surface area contributed by atoms with Crippen molar-refractivity contribution in [1.29, 1.82) is 0 Å². The lowest BCUT2D eigenvalue weighted by atomic mass is 10.2. The van der Waals surface area contributed by atoms with E-state index < -0.39 is 20.0 Å². The second kappa shape index (κ2) is 6.63. The lowest BCUT2D eigenvalue weighted by molar-refractivity contribution is 0.222. The highest BCUT2D eigenvalue weighted by Gasteiger charge is 2.27. The van der Waals surface area contributed by atoms with E-state index in [1.807, 2.05) is 7.05 Å². The molecule has 1 N–H and O–H groups in total. The molecule has 0 saturated carbocycles. The quantitative estimate of drug-likeness (QED) is 0.788. The number of benzene rings is 1. The second-order valence-corrected chi connectivity index (χ2v) is 9.22. The van der Waals surface area contributed by atoms with Gasteiger partial charge in [-0.15, -0.1) is 0 Å². The van der Waals surface area contributed by atoms with Gasteiger partial charge in [-0.2, -0.15) is 4.31 Å². The van der Waals surface area contributed by atoms with Gasteiger partial charge in [0, 0.05) is 32.7 Å². The highest BCUT2D eigenvalue weighted by atomic mass is 32.2. The first-order chi connectivity index (χ1) is 10.2. The van der Waals surface area contributed by atoms with Crippen LogP contribution in [0.4, 0.5) is 0 Å². The maximum atomic E-state index is 12.5. The molecular formula is C13H21N3O4S2. The smallest absolute Gasteiger partial charge is 0.243 e. The number of sulfonamides is 2. The molecule has 22 heavy (non-hydrogen) atoms. The number of piperazine rings is 1. The molecule has 0 aliphatic carbocycles. The van der Waals surface area contributed by atoms with E-state index in [0.29, 0.717) is 18.7 Å². The second-order valence-electron chi connectivity index (χ2n) is 5.44. The molecule has 0 amide bonds. The molecule has 1 aliphatic heterocycles. The summed E-state index contributed by atoms with van der Waals surface area (Å²) in [7, 11) is -4.78. The highest BCUT2D eigenvalue weighted by Crippen LogP contribution is 2.18. The number of hydrogen-bond acceptors (Lipinski definition) is 5. The summed E-state index contributed by atoms with van der Waals surface area (Å²) in [6.45, 7) is 2.55.